The number of hydrogen-bond donors (Lipinski definition) is 1. The number of carbonyl (C=O) groups is 1. The summed E-state index contributed by atoms with van der Waals surface area (Å²) in [6.45, 7) is 2.28. The van der Waals surface area contributed by atoms with E-state index >= 15 is 0 Å². The zero-order valence-electron chi connectivity index (χ0n) is 16.7. The lowest BCUT2D eigenvalue weighted by Gasteiger charge is -2.20. The predicted octanol–water partition coefficient (Wildman–Crippen LogP) is 4.77. The quantitative estimate of drug-likeness (QED) is 0.294. The summed E-state index contributed by atoms with van der Waals surface area (Å²) in [7, 11) is 0. The Bertz CT molecular complexity index is 1260. The fourth-order valence-corrected chi connectivity index (χ4v) is 4.52. The van der Waals surface area contributed by atoms with E-state index in [0.717, 1.165) is 10.0 Å². The lowest BCUT2D eigenvalue weighted by Crippen LogP contribution is -2.28. The van der Waals surface area contributed by atoms with Crippen LogP contribution in [-0.2, 0) is 11.3 Å². The van der Waals surface area contributed by atoms with Gasteiger partial charge < -0.3 is 9.73 Å². The molecular weight excluding hydrogens is 478 g/mol. The molecule has 0 bridgehead atoms. The SMILES string of the molecule is CC(c1ccccc1)n1c(SCC(=O)NCc2ccco2)nc2ccc(Br)cc2c1=O. The van der Waals surface area contributed by atoms with Gasteiger partial charge in [-0.1, -0.05) is 58.0 Å². The molecule has 0 fully saturated rings. The normalized spacial score (nSPS) is 12.1. The first-order chi connectivity index (χ1) is 15.0. The molecule has 1 N–H and O–H groups in total. The van der Waals surface area contributed by atoms with E-state index in [0.29, 0.717) is 28.4 Å². The smallest absolute Gasteiger partial charge is 0.262 e. The average Bonchev–Trinajstić information content (AvgIpc) is 3.31. The fraction of sp³-hybridized carbons (Fsp3) is 0.174. The van der Waals surface area contributed by atoms with Gasteiger partial charge in [-0.25, -0.2) is 4.98 Å². The Hall–Kier alpha value is -2.84. The molecule has 1 amide bonds. The van der Waals surface area contributed by atoms with Gasteiger partial charge >= 0.3 is 0 Å². The molecule has 0 aliphatic heterocycles. The standard InChI is InChI=1S/C23H20BrN3O3S/c1-15(16-6-3-2-4-7-16)27-22(29)19-12-17(24)9-10-20(19)26-23(27)31-14-21(28)25-13-18-8-5-11-30-18/h2-12,15H,13-14H2,1H3,(H,25,28). The van der Waals surface area contributed by atoms with Gasteiger partial charge in [0, 0.05) is 4.47 Å². The number of furan rings is 1. The molecule has 6 nitrogen and oxygen atoms in total. The van der Waals surface area contributed by atoms with E-state index in [2.05, 4.69) is 21.2 Å². The third kappa shape index (κ3) is 4.91. The van der Waals surface area contributed by atoms with Crippen LogP contribution in [0, 0.1) is 0 Å². The summed E-state index contributed by atoms with van der Waals surface area (Å²) in [4.78, 5) is 30.5. The van der Waals surface area contributed by atoms with Crippen molar-refractivity contribution in [2.75, 3.05) is 5.75 Å². The molecule has 31 heavy (non-hydrogen) atoms. The van der Waals surface area contributed by atoms with Crippen LogP contribution >= 0.6 is 27.7 Å². The Morgan fingerprint density at radius 3 is 2.74 bits per heavy atom. The van der Waals surface area contributed by atoms with Crippen LogP contribution < -0.4 is 10.9 Å². The number of benzene rings is 2. The van der Waals surface area contributed by atoms with Crippen molar-refractivity contribution in [2.45, 2.75) is 24.7 Å². The summed E-state index contributed by atoms with van der Waals surface area (Å²) in [6, 6.07) is 18.6. The molecule has 1 atom stereocenters. The number of rotatable bonds is 7. The molecule has 0 spiro atoms. The van der Waals surface area contributed by atoms with Crippen molar-refractivity contribution in [3.63, 3.8) is 0 Å². The second kappa shape index (κ2) is 9.53. The van der Waals surface area contributed by atoms with Crippen LogP contribution in [0.1, 0.15) is 24.3 Å². The second-order valence-corrected chi connectivity index (χ2v) is 8.82. The largest absolute Gasteiger partial charge is 0.467 e. The molecule has 0 aliphatic rings. The third-order valence-corrected chi connectivity index (χ3v) is 6.32. The number of halogens is 1. The second-order valence-electron chi connectivity index (χ2n) is 6.96. The first kappa shape index (κ1) is 21.4. The third-order valence-electron chi connectivity index (χ3n) is 4.87. The van der Waals surface area contributed by atoms with Gasteiger partial charge in [-0.3, -0.25) is 14.2 Å². The van der Waals surface area contributed by atoms with Crippen LogP contribution in [0.5, 0.6) is 0 Å². The van der Waals surface area contributed by atoms with Crippen LogP contribution in [0.3, 0.4) is 0 Å². The molecule has 0 saturated heterocycles. The molecule has 4 rings (SSSR count). The van der Waals surface area contributed by atoms with E-state index in [9.17, 15) is 9.59 Å². The van der Waals surface area contributed by atoms with Gasteiger partial charge in [0.15, 0.2) is 5.16 Å². The summed E-state index contributed by atoms with van der Waals surface area (Å²) < 4.78 is 7.71. The van der Waals surface area contributed by atoms with Gasteiger partial charge in [-0.05, 0) is 42.8 Å². The maximum Gasteiger partial charge on any atom is 0.262 e. The number of fused-ring (bicyclic) bond motifs is 1. The van der Waals surface area contributed by atoms with Crippen LogP contribution in [-0.4, -0.2) is 21.2 Å². The maximum atomic E-state index is 13.4. The van der Waals surface area contributed by atoms with Crippen molar-refractivity contribution in [3.05, 3.63) is 93.1 Å². The van der Waals surface area contributed by atoms with Gasteiger partial charge in [0.1, 0.15) is 5.76 Å². The number of nitrogens with one attached hydrogen (secondary N) is 1. The van der Waals surface area contributed by atoms with E-state index in [4.69, 9.17) is 9.40 Å². The van der Waals surface area contributed by atoms with Crippen molar-refractivity contribution in [2.24, 2.45) is 0 Å². The molecule has 0 aliphatic carbocycles. The molecule has 0 radical (unpaired) electrons. The number of amides is 1. The lowest BCUT2D eigenvalue weighted by molar-refractivity contribution is -0.118. The monoisotopic (exact) mass is 497 g/mol. The molecule has 0 saturated carbocycles. The van der Waals surface area contributed by atoms with Crippen LogP contribution in [0.4, 0.5) is 0 Å². The first-order valence-electron chi connectivity index (χ1n) is 9.71. The van der Waals surface area contributed by atoms with Crippen LogP contribution in [0.15, 0.2) is 85.8 Å². The van der Waals surface area contributed by atoms with Crippen LogP contribution in [0.2, 0.25) is 0 Å². The lowest BCUT2D eigenvalue weighted by atomic mass is 10.1. The van der Waals surface area contributed by atoms with E-state index in [1.54, 1.807) is 35.1 Å². The number of aromatic nitrogens is 2. The molecule has 8 heteroatoms. The highest BCUT2D eigenvalue weighted by molar-refractivity contribution is 9.10. The van der Waals surface area contributed by atoms with Gasteiger partial charge in [0.25, 0.3) is 5.56 Å². The van der Waals surface area contributed by atoms with Crippen molar-refractivity contribution in [1.29, 1.82) is 0 Å². The molecular formula is C23H20BrN3O3S. The number of carbonyl (C=O) groups excluding carboxylic acids is 1. The zero-order chi connectivity index (χ0) is 21.8. The van der Waals surface area contributed by atoms with E-state index < -0.39 is 0 Å². The summed E-state index contributed by atoms with van der Waals surface area (Å²) in [5.74, 6) is 0.657. The summed E-state index contributed by atoms with van der Waals surface area (Å²) in [5.41, 5.74) is 1.45. The molecule has 2 aromatic heterocycles. The highest BCUT2D eigenvalue weighted by Crippen LogP contribution is 2.26. The van der Waals surface area contributed by atoms with Crippen molar-refractivity contribution >= 4 is 44.5 Å². The Morgan fingerprint density at radius 1 is 1.19 bits per heavy atom. The Morgan fingerprint density at radius 2 is 2.00 bits per heavy atom. The van der Waals surface area contributed by atoms with E-state index in [-0.39, 0.29) is 23.3 Å². The number of hydrogen-bond acceptors (Lipinski definition) is 5. The number of nitrogens with zero attached hydrogens (tertiary/aromatic N) is 2. The molecule has 158 valence electrons. The van der Waals surface area contributed by atoms with Gasteiger partial charge in [-0.15, -0.1) is 0 Å². The minimum Gasteiger partial charge on any atom is -0.467 e. The van der Waals surface area contributed by atoms with Gasteiger partial charge in [0.05, 0.1) is 35.5 Å². The molecule has 1 unspecified atom stereocenters. The Balaban J connectivity index is 1.65. The van der Waals surface area contributed by atoms with Gasteiger partial charge in [-0.2, -0.15) is 0 Å². The van der Waals surface area contributed by atoms with Crippen molar-refractivity contribution in [1.82, 2.24) is 14.9 Å². The van der Waals surface area contributed by atoms with Crippen molar-refractivity contribution < 1.29 is 9.21 Å². The fourth-order valence-electron chi connectivity index (χ4n) is 3.25. The van der Waals surface area contributed by atoms with Crippen LogP contribution in [0.25, 0.3) is 10.9 Å². The van der Waals surface area contributed by atoms with E-state index in [1.165, 1.54) is 11.8 Å². The topological polar surface area (TPSA) is 77.1 Å². The molecule has 2 heterocycles. The average molecular weight is 498 g/mol. The minimum atomic E-state index is -0.238. The number of thioether (sulfide) groups is 1. The Labute approximate surface area is 191 Å². The highest BCUT2D eigenvalue weighted by Gasteiger charge is 2.19. The molecule has 4 aromatic rings. The summed E-state index contributed by atoms with van der Waals surface area (Å²) in [6.07, 6.45) is 1.57. The summed E-state index contributed by atoms with van der Waals surface area (Å²) >= 11 is 4.68. The minimum absolute atomic E-state index is 0.136. The predicted molar refractivity (Wildman–Crippen MR) is 125 cm³/mol. The summed E-state index contributed by atoms with van der Waals surface area (Å²) in [5, 5.41) is 3.86. The van der Waals surface area contributed by atoms with Crippen molar-refractivity contribution in [3.8, 4) is 0 Å². The van der Waals surface area contributed by atoms with Gasteiger partial charge in [0.2, 0.25) is 5.91 Å². The molecule has 2 aromatic carbocycles. The first-order valence-corrected chi connectivity index (χ1v) is 11.5. The highest BCUT2D eigenvalue weighted by atomic mass is 79.9. The van der Waals surface area contributed by atoms with E-state index in [1.807, 2.05) is 43.3 Å². The zero-order valence-corrected chi connectivity index (χ0v) is 19.2. The Kier molecular flexibility index (Phi) is 6.58. The maximum absolute atomic E-state index is 13.4.